The Morgan fingerprint density at radius 2 is 1.86 bits per heavy atom. The summed E-state index contributed by atoms with van der Waals surface area (Å²) in [6, 6.07) is 4.89. The molecular formula is C9H7FO3S. The van der Waals surface area contributed by atoms with Crippen molar-refractivity contribution in [2.75, 3.05) is 0 Å². The molecule has 5 heteroatoms. The molecule has 0 N–H and O–H groups in total. The number of rotatable bonds is 2. The van der Waals surface area contributed by atoms with Gasteiger partial charge in [0.15, 0.2) is 0 Å². The molecule has 0 radical (unpaired) electrons. The van der Waals surface area contributed by atoms with Crippen molar-refractivity contribution in [3.8, 4) is 17.8 Å². The molecule has 74 valence electrons. The monoisotopic (exact) mass is 214 g/mol. The fraction of sp³-hybridized carbons (Fsp3) is 0.111. The lowest BCUT2D eigenvalue weighted by Gasteiger charge is -1.97. The van der Waals surface area contributed by atoms with E-state index in [2.05, 4.69) is 12.0 Å². The van der Waals surface area contributed by atoms with E-state index in [-0.39, 0.29) is 0 Å². The number of hydrogen-bond donors (Lipinski definition) is 0. The van der Waals surface area contributed by atoms with Gasteiger partial charge in [-0.15, -0.1) is 3.89 Å². The molecule has 0 aliphatic rings. The molecule has 0 aromatic heterocycles. The third-order valence-electron chi connectivity index (χ3n) is 1.38. The van der Waals surface area contributed by atoms with Crippen LogP contribution in [0.15, 0.2) is 29.2 Å². The Labute approximate surface area is 81.7 Å². The lowest BCUT2D eigenvalue weighted by atomic mass is 10.3. The van der Waals surface area contributed by atoms with Gasteiger partial charge in [-0.2, -0.15) is 8.42 Å². The Morgan fingerprint density at radius 1 is 1.29 bits per heavy atom. The summed E-state index contributed by atoms with van der Waals surface area (Å²) in [7, 11) is -4.63. The highest BCUT2D eigenvalue weighted by atomic mass is 32.3. The lowest BCUT2D eigenvalue weighted by Crippen LogP contribution is -1.91. The zero-order valence-electron chi connectivity index (χ0n) is 7.32. The molecule has 0 spiro atoms. The van der Waals surface area contributed by atoms with E-state index < -0.39 is 15.1 Å². The van der Waals surface area contributed by atoms with Gasteiger partial charge in [0, 0.05) is 6.92 Å². The fourth-order valence-corrected chi connectivity index (χ4v) is 1.24. The zero-order valence-corrected chi connectivity index (χ0v) is 8.14. The van der Waals surface area contributed by atoms with Crippen LogP contribution in [0.2, 0.25) is 0 Å². The molecule has 0 unspecified atom stereocenters. The smallest absolute Gasteiger partial charge is 0.332 e. The Bertz CT molecular complexity index is 465. The second kappa shape index (κ2) is 4.11. The van der Waals surface area contributed by atoms with Crippen molar-refractivity contribution in [2.45, 2.75) is 11.8 Å². The first-order chi connectivity index (χ1) is 6.54. The average molecular weight is 214 g/mol. The van der Waals surface area contributed by atoms with Crippen LogP contribution in [0.25, 0.3) is 0 Å². The molecule has 0 saturated heterocycles. The van der Waals surface area contributed by atoms with Crippen LogP contribution in [0.1, 0.15) is 6.92 Å². The normalized spacial score (nSPS) is 10.1. The van der Waals surface area contributed by atoms with Crippen molar-refractivity contribution >= 4 is 10.2 Å². The van der Waals surface area contributed by atoms with Gasteiger partial charge in [-0.05, 0) is 24.3 Å². The van der Waals surface area contributed by atoms with Crippen molar-refractivity contribution in [3.63, 3.8) is 0 Å². The predicted molar refractivity (Wildman–Crippen MR) is 48.8 cm³/mol. The van der Waals surface area contributed by atoms with Crippen LogP contribution < -0.4 is 4.74 Å². The first kappa shape index (κ1) is 10.5. The molecule has 0 aliphatic carbocycles. The summed E-state index contributed by atoms with van der Waals surface area (Å²) in [5.41, 5.74) is 0. The summed E-state index contributed by atoms with van der Waals surface area (Å²) in [6.07, 6.45) is 2.33. The molecule has 1 aromatic rings. The summed E-state index contributed by atoms with van der Waals surface area (Å²) in [5.74, 6) is 2.86. The average Bonchev–Trinajstić information content (AvgIpc) is 2.14. The largest absolute Gasteiger partial charge is 0.408 e. The van der Waals surface area contributed by atoms with E-state index in [1.807, 2.05) is 0 Å². The van der Waals surface area contributed by atoms with Crippen LogP contribution in [0, 0.1) is 12.0 Å². The SMILES string of the molecule is CC#COc1ccc(S(=O)(=O)F)cc1. The minimum Gasteiger partial charge on any atom is -0.408 e. The van der Waals surface area contributed by atoms with Crippen molar-refractivity contribution in [1.82, 2.24) is 0 Å². The van der Waals surface area contributed by atoms with E-state index >= 15 is 0 Å². The molecule has 0 heterocycles. The molecular weight excluding hydrogens is 207 g/mol. The maximum atomic E-state index is 12.4. The quantitative estimate of drug-likeness (QED) is 0.556. The minimum atomic E-state index is -4.63. The first-order valence-electron chi connectivity index (χ1n) is 3.67. The molecule has 1 aromatic carbocycles. The van der Waals surface area contributed by atoms with Crippen molar-refractivity contribution < 1.29 is 17.0 Å². The van der Waals surface area contributed by atoms with Crippen molar-refractivity contribution in [1.29, 1.82) is 0 Å². The highest BCUT2D eigenvalue weighted by Gasteiger charge is 2.10. The number of hydrogen-bond acceptors (Lipinski definition) is 3. The molecule has 14 heavy (non-hydrogen) atoms. The summed E-state index contributed by atoms with van der Waals surface area (Å²) >= 11 is 0. The van der Waals surface area contributed by atoms with Crippen LogP contribution in [0.5, 0.6) is 5.75 Å². The third kappa shape index (κ3) is 2.75. The van der Waals surface area contributed by atoms with Gasteiger partial charge in [0.2, 0.25) is 0 Å². The van der Waals surface area contributed by atoms with E-state index in [9.17, 15) is 12.3 Å². The molecule has 0 atom stereocenters. The van der Waals surface area contributed by atoms with Gasteiger partial charge in [-0.1, -0.05) is 5.92 Å². The molecule has 0 saturated carbocycles. The first-order valence-corrected chi connectivity index (χ1v) is 5.05. The summed E-state index contributed by atoms with van der Waals surface area (Å²) in [5, 5.41) is 0. The maximum Gasteiger partial charge on any atom is 0.332 e. The topological polar surface area (TPSA) is 43.4 Å². The Kier molecular flexibility index (Phi) is 3.10. The van der Waals surface area contributed by atoms with Crippen LogP contribution in [-0.2, 0) is 10.2 Å². The second-order valence-corrected chi connectivity index (χ2v) is 3.71. The highest BCUT2D eigenvalue weighted by Crippen LogP contribution is 2.17. The van der Waals surface area contributed by atoms with Crippen molar-refractivity contribution in [3.05, 3.63) is 24.3 Å². The zero-order chi connectivity index (χ0) is 10.6. The number of benzene rings is 1. The lowest BCUT2D eigenvalue weighted by molar-refractivity contribution is 0.518. The van der Waals surface area contributed by atoms with Crippen molar-refractivity contribution in [2.24, 2.45) is 0 Å². The Morgan fingerprint density at radius 3 is 2.29 bits per heavy atom. The van der Waals surface area contributed by atoms with Gasteiger partial charge in [0.05, 0.1) is 4.90 Å². The predicted octanol–water partition coefficient (Wildman–Crippen LogP) is 1.70. The van der Waals surface area contributed by atoms with Gasteiger partial charge >= 0.3 is 10.2 Å². The minimum absolute atomic E-state index is 0.367. The molecule has 0 bridgehead atoms. The van der Waals surface area contributed by atoms with Gasteiger partial charge in [0.1, 0.15) is 11.9 Å². The standard InChI is InChI=1S/C9H7FO3S/c1-2-7-13-8-3-5-9(6-4-8)14(10,11)12/h3-6H,1H3. The van der Waals surface area contributed by atoms with E-state index in [0.29, 0.717) is 5.75 Å². The Balaban J connectivity index is 2.93. The van der Waals surface area contributed by atoms with E-state index in [0.717, 1.165) is 12.1 Å². The summed E-state index contributed by atoms with van der Waals surface area (Å²) < 4.78 is 38.1. The molecule has 0 aliphatic heterocycles. The van der Waals surface area contributed by atoms with Gasteiger partial charge in [-0.25, -0.2) is 0 Å². The Hall–Kier alpha value is -1.54. The fourth-order valence-electron chi connectivity index (χ4n) is 0.780. The second-order valence-electron chi connectivity index (χ2n) is 2.36. The molecule has 1 rings (SSSR count). The third-order valence-corrected chi connectivity index (χ3v) is 2.21. The highest BCUT2D eigenvalue weighted by molar-refractivity contribution is 7.86. The summed E-state index contributed by atoms with van der Waals surface area (Å²) in [4.78, 5) is -0.394. The number of ether oxygens (including phenoxy) is 1. The number of halogens is 1. The molecule has 0 amide bonds. The van der Waals surface area contributed by atoms with Gasteiger partial charge in [-0.3, -0.25) is 0 Å². The van der Waals surface area contributed by atoms with Gasteiger partial charge in [0.25, 0.3) is 0 Å². The van der Waals surface area contributed by atoms with Crippen LogP contribution in [0.3, 0.4) is 0 Å². The maximum absolute atomic E-state index is 12.4. The summed E-state index contributed by atoms with van der Waals surface area (Å²) in [6.45, 7) is 1.60. The van der Waals surface area contributed by atoms with Crippen LogP contribution >= 0.6 is 0 Å². The van der Waals surface area contributed by atoms with Crippen LogP contribution in [0.4, 0.5) is 3.89 Å². The van der Waals surface area contributed by atoms with E-state index in [1.54, 1.807) is 6.92 Å². The van der Waals surface area contributed by atoms with E-state index in [1.165, 1.54) is 12.1 Å². The molecule has 3 nitrogen and oxygen atoms in total. The van der Waals surface area contributed by atoms with Gasteiger partial charge < -0.3 is 4.74 Å². The molecule has 0 fully saturated rings. The van der Waals surface area contributed by atoms with Crippen LogP contribution in [-0.4, -0.2) is 8.42 Å². The van der Waals surface area contributed by atoms with E-state index in [4.69, 9.17) is 4.74 Å².